The molecule has 4 aliphatic carbocycles. The molecule has 0 unspecified atom stereocenters. The average molecular weight is 632 g/mol. The quantitative estimate of drug-likeness (QED) is 0.277. The van der Waals surface area contributed by atoms with E-state index < -0.39 is 0 Å². The summed E-state index contributed by atoms with van der Waals surface area (Å²) in [4.78, 5) is 16.7. The number of urea groups is 1. The first-order chi connectivity index (χ1) is 21.9. The molecule has 6 rings (SSSR count). The number of methoxy groups -OCH3 is 1. The highest BCUT2D eigenvalue weighted by Gasteiger charge is 2.58. The van der Waals surface area contributed by atoms with Crippen molar-refractivity contribution in [2.24, 2.45) is 0 Å². The van der Waals surface area contributed by atoms with Gasteiger partial charge in [0.05, 0.1) is 30.9 Å². The maximum atomic E-state index is 14.6. The molecule has 2 N–H and O–H groups in total. The number of amides is 2. The molecule has 9 heteroatoms. The number of carbonyl (C=O) groups is 1. The summed E-state index contributed by atoms with van der Waals surface area (Å²) in [7, 11) is 1.68. The second-order valence-corrected chi connectivity index (χ2v) is 16.2. The van der Waals surface area contributed by atoms with E-state index in [1.807, 2.05) is 5.06 Å². The summed E-state index contributed by atoms with van der Waals surface area (Å²) in [6.45, 7) is 2.05. The van der Waals surface area contributed by atoms with Crippen LogP contribution in [-0.2, 0) is 14.7 Å². The molecule has 2 heterocycles. The average Bonchev–Trinajstić information content (AvgIpc) is 3.06. The zero-order chi connectivity index (χ0) is 31.4. The minimum Gasteiger partial charge on any atom is -0.382 e. The number of piperidine rings is 2. The van der Waals surface area contributed by atoms with Gasteiger partial charge in [-0.2, -0.15) is 5.06 Å². The standard InChI is InChI=1S/C36H63N4O5/c1-44-24-25-45-23-22-38(31-28-35(18-10-4-11-19-35)40(43)36(29-31)20-12-5-13-21-36)32(41)37-30-26-33(14-6-2-7-15-33)39(42)34(27-30)16-8-3-9-17-34/h30-31,42H,2-29H2,1H3,(H,37,41). The SMILES string of the molecule is COCCOCCN(C(=O)NC1CC2(CCCCC2)N(O)C2(CCCCC2)C1)C1CC2(CCCCC2)N([O])C2(CCCCC2)C1. The molecule has 1 radical (unpaired) electrons. The Balaban J connectivity index is 1.25. The van der Waals surface area contributed by atoms with Crippen LogP contribution in [-0.4, -0.2) is 94.0 Å². The minimum atomic E-state index is -0.353. The van der Waals surface area contributed by atoms with Gasteiger partial charge in [0.2, 0.25) is 0 Å². The van der Waals surface area contributed by atoms with Gasteiger partial charge in [-0.1, -0.05) is 77.0 Å². The Hall–Kier alpha value is -0.970. The number of rotatable bonds is 8. The lowest BCUT2D eigenvalue weighted by Crippen LogP contribution is -2.70. The fraction of sp³-hybridized carbons (Fsp3) is 0.972. The Morgan fingerprint density at radius 1 is 0.689 bits per heavy atom. The summed E-state index contributed by atoms with van der Waals surface area (Å²) < 4.78 is 11.2. The minimum absolute atomic E-state index is 0.0138. The van der Waals surface area contributed by atoms with Crippen molar-refractivity contribution in [1.82, 2.24) is 20.3 Å². The highest BCUT2D eigenvalue weighted by molar-refractivity contribution is 5.75. The van der Waals surface area contributed by atoms with Crippen LogP contribution in [0.2, 0.25) is 0 Å². The van der Waals surface area contributed by atoms with Crippen LogP contribution in [0.5, 0.6) is 0 Å². The third-order valence-corrected chi connectivity index (χ3v) is 13.3. The summed E-state index contributed by atoms with van der Waals surface area (Å²) in [5.74, 6) is 0. The Morgan fingerprint density at radius 3 is 1.58 bits per heavy atom. The molecule has 9 nitrogen and oxygen atoms in total. The van der Waals surface area contributed by atoms with Crippen molar-refractivity contribution in [2.75, 3.05) is 33.5 Å². The van der Waals surface area contributed by atoms with Crippen molar-refractivity contribution in [3.05, 3.63) is 0 Å². The summed E-state index contributed by atoms with van der Waals surface area (Å²) in [5.41, 5.74) is -1.17. The molecule has 45 heavy (non-hydrogen) atoms. The molecule has 257 valence electrons. The van der Waals surface area contributed by atoms with Crippen LogP contribution < -0.4 is 5.32 Å². The van der Waals surface area contributed by atoms with E-state index in [1.54, 1.807) is 12.2 Å². The van der Waals surface area contributed by atoms with Gasteiger partial charge in [-0.3, -0.25) is 0 Å². The molecule has 6 fully saturated rings. The largest absolute Gasteiger partial charge is 0.382 e. The van der Waals surface area contributed by atoms with Crippen molar-refractivity contribution < 1.29 is 24.7 Å². The normalized spacial score (nSPS) is 31.4. The van der Waals surface area contributed by atoms with E-state index in [-0.39, 0.29) is 40.3 Å². The van der Waals surface area contributed by atoms with E-state index in [0.29, 0.717) is 26.4 Å². The molecule has 6 aliphatic rings. The number of ether oxygens (including phenoxy) is 2. The van der Waals surface area contributed by atoms with E-state index in [2.05, 4.69) is 10.2 Å². The molecular formula is C36H63N4O5. The van der Waals surface area contributed by atoms with Crippen molar-refractivity contribution in [1.29, 1.82) is 0 Å². The molecule has 2 amide bonds. The van der Waals surface area contributed by atoms with E-state index in [4.69, 9.17) is 9.47 Å². The lowest BCUT2D eigenvalue weighted by Gasteiger charge is -2.60. The maximum absolute atomic E-state index is 14.6. The fourth-order valence-electron chi connectivity index (χ4n) is 11.2. The van der Waals surface area contributed by atoms with E-state index in [1.165, 1.54) is 25.7 Å². The van der Waals surface area contributed by atoms with Gasteiger partial charge in [-0.05, 0) is 77.0 Å². The molecule has 4 spiro atoms. The van der Waals surface area contributed by atoms with Crippen LogP contribution in [0.4, 0.5) is 4.79 Å². The summed E-state index contributed by atoms with van der Waals surface area (Å²) in [6, 6.07) is 0.0865. The number of hydroxylamine groups is 4. The van der Waals surface area contributed by atoms with Gasteiger partial charge in [-0.15, -0.1) is 10.3 Å². The van der Waals surface area contributed by atoms with E-state index in [9.17, 15) is 15.2 Å². The number of hydrogen-bond acceptors (Lipinski definition) is 6. The van der Waals surface area contributed by atoms with Crippen LogP contribution in [0.15, 0.2) is 0 Å². The predicted molar refractivity (Wildman–Crippen MR) is 173 cm³/mol. The Morgan fingerprint density at radius 2 is 1.13 bits per heavy atom. The van der Waals surface area contributed by atoms with Gasteiger partial charge in [0, 0.05) is 36.8 Å². The lowest BCUT2D eigenvalue weighted by molar-refractivity contribution is -0.323. The molecule has 0 atom stereocenters. The van der Waals surface area contributed by atoms with Gasteiger partial charge >= 0.3 is 6.03 Å². The second kappa shape index (κ2) is 14.7. The van der Waals surface area contributed by atoms with Crippen LogP contribution in [0.3, 0.4) is 0 Å². The van der Waals surface area contributed by atoms with Gasteiger partial charge in [-0.25, -0.2) is 4.79 Å². The summed E-state index contributed by atoms with van der Waals surface area (Å²) >= 11 is 0. The molecule has 0 aromatic carbocycles. The topological polar surface area (TPSA) is 97.4 Å². The fourth-order valence-corrected chi connectivity index (χ4v) is 11.2. The Bertz CT molecular complexity index is 899. The molecule has 4 saturated carbocycles. The van der Waals surface area contributed by atoms with E-state index in [0.717, 1.165) is 128 Å². The van der Waals surface area contributed by atoms with Gasteiger partial charge in [0.1, 0.15) is 0 Å². The van der Waals surface area contributed by atoms with Crippen LogP contribution in [0.25, 0.3) is 0 Å². The van der Waals surface area contributed by atoms with Crippen molar-refractivity contribution in [2.45, 2.75) is 188 Å². The molecule has 0 aromatic heterocycles. The molecule has 2 aliphatic heterocycles. The van der Waals surface area contributed by atoms with Crippen LogP contribution in [0.1, 0.15) is 154 Å². The zero-order valence-corrected chi connectivity index (χ0v) is 28.4. The Kier molecular flexibility index (Phi) is 11.0. The highest BCUT2D eigenvalue weighted by atomic mass is 16.5. The summed E-state index contributed by atoms with van der Waals surface area (Å²) in [5, 5.41) is 33.3. The third kappa shape index (κ3) is 6.96. The monoisotopic (exact) mass is 631 g/mol. The molecule has 0 aromatic rings. The smallest absolute Gasteiger partial charge is 0.317 e. The highest BCUT2D eigenvalue weighted by Crippen LogP contribution is 2.53. The zero-order valence-electron chi connectivity index (χ0n) is 28.4. The predicted octanol–water partition coefficient (Wildman–Crippen LogP) is 7.14. The van der Waals surface area contributed by atoms with Gasteiger partial charge in [0.25, 0.3) is 0 Å². The van der Waals surface area contributed by atoms with Crippen molar-refractivity contribution in [3.63, 3.8) is 0 Å². The van der Waals surface area contributed by atoms with Crippen molar-refractivity contribution in [3.8, 4) is 0 Å². The summed E-state index contributed by atoms with van der Waals surface area (Å²) in [6.07, 6.45) is 25.0. The van der Waals surface area contributed by atoms with Crippen LogP contribution >= 0.6 is 0 Å². The van der Waals surface area contributed by atoms with Gasteiger partial charge in [0.15, 0.2) is 0 Å². The maximum Gasteiger partial charge on any atom is 0.317 e. The lowest BCUT2D eigenvalue weighted by atomic mass is 9.65. The first-order valence-electron chi connectivity index (χ1n) is 19.0. The molecule has 0 bridgehead atoms. The number of nitrogens with zero attached hydrogens (tertiary/aromatic N) is 3. The molecule has 2 saturated heterocycles. The van der Waals surface area contributed by atoms with E-state index >= 15 is 0 Å². The Labute approximate surface area is 272 Å². The third-order valence-electron chi connectivity index (χ3n) is 13.3. The molecular weight excluding hydrogens is 568 g/mol. The first-order valence-corrected chi connectivity index (χ1v) is 19.0. The number of carbonyl (C=O) groups excluding carboxylic acids is 1. The van der Waals surface area contributed by atoms with Crippen molar-refractivity contribution >= 4 is 6.03 Å². The number of nitrogens with one attached hydrogen (secondary N) is 1. The first kappa shape index (κ1) is 33.9. The van der Waals surface area contributed by atoms with Crippen LogP contribution in [0, 0.1) is 0 Å². The van der Waals surface area contributed by atoms with Gasteiger partial charge < -0.3 is 24.9 Å². The second-order valence-electron chi connectivity index (χ2n) is 16.2. The number of hydrogen-bond donors (Lipinski definition) is 2.